The first kappa shape index (κ1) is 30.4. The predicted octanol–water partition coefficient (Wildman–Crippen LogP) is 7.96. The summed E-state index contributed by atoms with van der Waals surface area (Å²) >= 11 is 1.49. The van der Waals surface area contributed by atoms with Crippen LogP contribution in [0.5, 0.6) is 17.2 Å². The second kappa shape index (κ2) is 16.0. The number of nitrogens with one attached hydrogen (secondary N) is 1. The Morgan fingerprint density at radius 2 is 1.53 bits per heavy atom. The third kappa shape index (κ3) is 7.69. The van der Waals surface area contributed by atoms with Crippen LogP contribution in [0, 0.1) is 0 Å². The van der Waals surface area contributed by atoms with E-state index in [2.05, 4.69) is 24.4 Å². The molecule has 2 aromatic carbocycles. The minimum Gasteiger partial charge on any atom is -0.493 e. The van der Waals surface area contributed by atoms with Crippen LogP contribution in [0.1, 0.15) is 94.7 Å². The minimum absolute atomic E-state index is 0.0624. The Labute approximate surface area is 234 Å². The van der Waals surface area contributed by atoms with Gasteiger partial charge in [-0.05, 0) is 67.0 Å². The standard InChI is InChI=1S/C32H47NO4S/c1-6-7-8-9-10-11-12-13-14-15-20-33-26-18-16-23-21-28(35-2)31(36-3)32(37-4)30(23)24-17-19-29(38-5)27(34)22-25(24)26/h17,19,21-22,26,33H,6-16,18,20H2,1-5H3/t26-/m0/s1. The molecule has 1 aliphatic carbocycles. The quantitative estimate of drug-likeness (QED) is 0.172. The second-order valence-corrected chi connectivity index (χ2v) is 11.0. The molecule has 5 nitrogen and oxygen atoms in total. The van der Waals surface area contributed by atoms with Crippen LogP contribution in [0.25, 0.3) is 11.1 Å². The third-order valence-corrected chi connectivity index (χ3v) is 8.42. The van der Waals surface area contributed by atoms with E-state index in [1.165, 1.54) is 69.5 Å². The topological polar surface area (TPSA) is 56.8 Å². The molecule has 0 radical (unpaired) electrons. The third-order valence-electron chi connectivity index (χ3n) is 7.64. The highest BCUT2D eigenvalue weighted by Gasteiger charge is 2.28. The van der Waals surface area contributed by atoms with Gasteiger partial charge in [0.2, 0.25) is 5.75 Å². The van der Waals surface area contributed by atoms with Gasteiger partial charge in [-0.25, -0.2) is 0 Å². The molecule has 0 spiro atoms. The number of fused-ring (bicyclic) bond motifs is 3. The van der Waals surface area contributed by atoms with Crippen molar-refractivity contribution in [3.8, 4) is 28.4 Å². The van der Waals surface area contributed by atoms with Gasteiger partial charge in [0.15, 0.2) is 16.9 Å². The maximum Gasteiger partial charge on any atom is 0.203 e. The maximum atomic E-state index is 13.1. The second-order valence-electron chi connectivity index (χ2n) is 10.2. The summed E-state index contributed by atoms with van der Waals surface area (Å²) in [6.45, 7) is 3.22. The molecule has 38 heavy (non-hydrogen) atoms. The Kier molecular flexibility index (Phi) is 12.8. The number of rotatable bonds is 16. The molecule has 2 aromatic rings. The Morgan fingerprint density at radius 1 is 0.868 bits per heavy atom. The van der Waals surface area contributed by atoms with Gasteiger partial charge in [-0.3, -0.25) is 4.79 Å². The van der Waals surface area contributed by atoms with E-state index >= 15 is 0 Å². The SMILES string of the molecule is CCCCCCCCCCCCN[C@H]1CCc2cc(OC)c(OC)c(OC)c2-c2ccc(SC)c(=O)cc21. The molecule has 3 rings (SSSR count). The number of thioether (sulfide) groups is 1. The number of hydrogen-bond acceptors (Lipinski definition) is 6. The van der Waals surface area contributed by atoms with Crippen molar-refractivity contribution in [2.45, 2.75) is 94.9 Å². The molecule has 1 N–H and O–H groups in total. The Balaban J connectivity index is 1.78. The summed E-state index contributed by atoms with van der Waals surface area (Å²) in [4.78, 5) is 13.8. The minimum atomic E-state index is 0.0624. The van der Waals surface area contributed by atoms with Gasteiger partial charge in [-0.2, -0.15) is 0 Å². The van der Waals surface area contributed by atoms with Crippen molar-refractivity contribution in [1.82, 2.24) is 5.32 Å². The van der Waals surface area contributed by atoms with Gasteiger partial charge in [0.25, 0.3) is 0 Å². The van der Waals surface area contributed by atoms with E-state index in [0.29, 0.717) is 17.2 Å². The van der Waals surface area contributed by atoms with E-state index in [1.807, 2.05) is 18.4 Å². The Morgan fingerprint density at radius 3 is 2.13 bits per heavy atom. The lowest BCUT2D eigenvalue weighted by Crippen LogP contribution is -2.23. The van der Waals surface area contributed by atoms with Crippen molar-refractivity contribution >= 4 is 11.8 Å². The fraction of sp³-hybridized carbons (Fsp3) is 0.594. The summed E-state index contributed by atoms with van der Waals surface area (Å²) in [5.41, 5.74) is 4.26. The van der Waals surface area contributed by atoms with Gasteiger partial charge in [0.1, 0.15) is 0 Å². The van der Waals surface area contributed by atoms with Crippen LogP contribution in [0.3, 0.4) is 0 Å². The summed E-state index contributed by atoms with van der Waals surface area (Å²) < 4.78 is 17.3. The molecule has 0 aromatic heterocycles. The Bertz CT molecular complexity index is 1090. The van der Waals surface area contributed by atoms with E-state index in [-0.39, 0.29) is 11.5 Å². The van der Waals surface area contributed by atoms with Crippen molar-refractivity contribution in [3.63, 3.8) is 0 Å². The summed E-state index contributed by atoms with van der Waals surface area (Å²) in [7, 11) is 4.95. The van der Waals surface area contributed by atoms with E-state index in [0.717, 1.165) is 53.0 Å². The molecule has 210 valence electrons. The molecule has 0 fully saturated rings. The lowest BCUT2D eigenvalue weighted by atomic mass is 9.95. The molecule has 0 amide bonds. The van der Waals surface area contributed by atoms with Crippen LogP contribution in [-0.4, -0.2) is 34.1 Å². The number of aryl methyl sites for hydroxylation is 1. The average Bonchev–Trinajstić information content (AvgIpc) is 3.18. The van der Waals surface area contributed by atoms with Crippen LogP contribution in [0.4, 0.5) is 0 Å². The van der Waals surface area contributed by atoms with E-state index in [1.54, 1.807) is 21.3 Å². The van der Waals surface area contributed by atoms with Crippen LogP contribution in [0.2, 0.25) is 0 Å². The largest absolute Gasteiger partial charge is 0.493 e. The fourth-order valence-electron chi connectivity index (χ4n) is 5.57. The highest BCUT2D eigenvalue weighted by molar-refractivity contribution is 7.98. The van der Waals surface area contributed by atoms with Gasteiger partial charge in [-0.15, -0.1) is 11.8 Å². The van der Waals surface area contributed by atoms with Gasteiger partial charge >= 0.3 is 0 Å². The molecule has 0 aliphatic heterocycles. The summed E-state index contributed by atoms with van der Waals surface area (Å²) in [6.07, 6.45) is 16.9. The van der Waals surface area contributed by atoms with Crippen molar-refractivity contribution in [2.24, 2.45) is 0 Å². The highest BCUT2D eigenvalue weighted by atomic mass is 32.2. The molecule has 1 atom stereocenters. The first-order valence-corrected chi connectivity index (χ1v) is 15.6. The number of hydrogen-bond donors (Lipinski definition) is 1. The fourth-order valence-corrected chi connectivity index (χ4v) is 6.03. The van der Waals surface area contributed by atoms with Crippen LogP contribution in [0.15, 0.2) is 34.0 Å². The molecular weight excluding hydrogens is 494 g/mol. The van der Waals surface area contributed by atoms with E-state index < -0.39 is 0 Å². The van der Waals surface area contributed by atoms with Crippen molar-refractivity contribution in [1.29, 1.82) is 0 Å². The highest BCUT2D eigenvalue weighted by Crippen LogP contribution is 2.50. The predicted molar refractivity (Wildman–Crippen MR) is 160 cm³/mol. The lowest BCUT2D eigenvalue weighted by molar-refractivity contribution is 0.324. The van der Waals surface area contributed by atoms with Crippen molar-refractivity contribution in [2.75, 3.05) is 34.1 Å². The molecular formula is C32H47NO4S. The normalized spacial score (nSPS) is 14.4. The van der Waals surface area contributed by atoms with Crippen LogP contribution in [-0.2, 0) is 6.42 Å². The zero-order valence-electron chi connectivity index (χ0n) is 24.1. The molecule has 1 aliphatic rings. The monoisotopic (exact) mass is 541 g/mol. The maximum absolute atomic E-state index is 13.1. The van der Waals surface area contributed by atoms with Crippen LogP contribution < -0.4 is 25.0 Å². The van der Waals surface area contributed by atoms with E-state index in [9.17, 15) is 4.79 Å². The van der Waals surface area contributed by atoms with Crippen LogP contribution >= 0.6 is 11.8 Å². The average molecular weight is 542 g/mol. The summed E-state index contributed by atoms with van der Waals surface area (Å²) in [6, 6.07) is 8.01. The molecule has 6 heteroatoms. The van der Waals surface area contributed by atoms with Crippen molar-refractivity contribution in [3.05, 3.63) is 45.6 Å². The Hall–Kier alpha value is -2.18. The van der Waals surface area contributed by atoms with E-state index in [4.69, 9.17) is 14.2 Å². The number of methoxy groups -OCH3 is 3. The first-order valence-electron chi connectivity index (χ1n) is 14.4. The molecule has 0 saturated heterocycles. The first-order chi connectivity index (χ1) is 18.6. The van der Waals surface area contributed by atoms with Gasteiger partial charge in [0, 0.05) is 11.6 Å². The van der Waals surface area contributed by atoms with Gasteiger partial charge in [-0.1, -0.05) is 70.8 Å². The number of unbranched alkanes of at least 4 members (excludes halogenated alkanes) is 9. The summed E-state index contributed by atoms with van der Waals surface area (Å²) in [5, 5.41) is 3.80. The molecule has 0 unspecified atom stereocenters. The van der Waals surface area contributed by atoms with Crippen molar-refractivity contribution < 1.29 is 14.2 Å². The smallest absolute Gasteiger partial charge is 0.203 e. The molecule has 0 bridgehead atoms. The summed E-state index contributed by atoms with van der Waals surface area (Å²) in [5.74, 6) is 1.90. The zero-order valence-corrected chi connectivity index (χ0v) is 24.9. The number of ether oxygens (including phenoxy) is 3. The van der Waals surface area contributed by atoms with Gasteiger partial charge in [0.05, 0.1) is 26.2 Å². The van der Waals surface area contributed by atoms with Gasteiger partial charge < -0.3 is 19.5 Å². The molecule has 0 heterocycles. The lowest BCUT2D eigenvalue weighted by Gasteiger charge is -2.20. The number of benzene rings is 1. The zero-order chi connectivity index (χ0) is 27.3. The molecule has 0 saturated carbocycles.